The van der Waals surface area contributed by atoms with E-state index < -0.39 is 0 Å². The van der Waals surface area contributed by atoms with Gasteiger partial charge in [0.2, 0.25) is 0 Å². The number of rotatable bonds is 2. The van der Waals surface area contributed by atoms with Gasteiger partial charge in [-0.25, -0.2) is 4.39 Å². The second-order valence-corrected chi connectivity index (χ2v) is 5.98. The molecular formula is C18H21FN2. The van der Waals surface area contributed by atoms with Crippen LogP contribution in [0.3, 0.4) is 0 Å². The van der Waals surface area contributed by atoms with E-state index in [1.807, 2.05) is 12.1 Å². The highest BCUT2D eigenvalue weighted by Gasteiger charge is 2.23. The third-order valence-corrected chi connectivity index (χ3v) is 4.10. The van der Waals surface area contributed by atoms with Gasteiger partial charge in [0.1, 0.15) is 5.82 Å². The highest BCUT2D eigenvalue weighted by molar-refractivity contribution is 5.63. The normalized spacial score (nSPS) is 23.2. The molecule has 1 heterocycles. The number of hydrogen-bond donors (Lipinski definition) is 1. The summed E-state index contributed by atoms with van der Waals surface area (Å²) in [7, 11) is 2.15. The first-order chi connectivity index (χ1) is 10.1. The molecule has 0 saturated carbocycles. The highest BCUT2D eigenvalue weighted by atomic mass is 19.1. The van der Waals surface area contributed by atoms with E-state index in [-0.39, 0.29) is 12.0 Å². The van der Waals surface area contributed by atoms with Crippen LogP contribution in [-0.2, 0) is 0 Å². The van der Waals surface area contributed by atoms with Gasteiger partial charge < -0.3 is 0 Å². The quantitative estimate of drug-likeness (QED) is 0.905. The molecule has 0 amide bonds. The molecule has 1 aliphatic rings. The lowest BCUT2D eigenvalue weighted by Gasteiger charge is -2.37. The standard InChI is InChI=1S/C18H21FN2/c1-13-11-20-18(21(2)12-13)16-5-3-14(4-6-16)15-7-9-17(19)10-8-15/h3-10,13,18,20H,11-12H2,1-2H3. The second kappa shape index (κ2) is 5.96. The average Bonchev–Trinajstić information content (AvgIpc) is 2.48. The first-order valence-corrected chi connectivity index (χ1v) is 7.43. The topological polar surface area (TPSA) is 15.3 Å². The van der Waals surface area contributed by atoms with Gasteiger partial charge in [-0.1, -0.05) is 43.3 Å². The number of nitrogens with one attached hydrogen (secondary N) is 1. The van der Waals surface area contributed by atoms with Crippen LogP contribution in [-0.4, -0.2) is 25.0 Å². The Bertz CT molecular complexity index is 592. The van der Waals surface area contributed by atoms with Crippen molar-refractivity contribution in [3.8, 4) is 11.1 Å². The molecule has 3 rings (SSSR count). The van der Waals surface area contributed by atoms with Crippen LogP contribution in [0.5, 0.6) is 0 Å². The maximum atomic E-state index is 13.0. The summed E-state index contributed by atoms with van der Waals surface area (Å²) in [6, 6.07) is 15.2. The smallest absolute Gasteiger partial charge is 0.123 e. The van der Waals surface area contributed by atoms with Gasteiger partial charge in [0.05, 0.1) is 6.17 Å². The summed E-state index contributed by atoms with van der Waals surface area (Å²) < 4.78 is 13.0. The van der Waals surface area contributed by atoms with Crippen LogP contribution < -0.4 is 5.32 Å². The summed E-state index contributed by atoms with van der Waals surface area (Å²) in [5.74, 6) is 0.488. The van der Waals surface area contributed by atoms with Gasteiger partial charge in [-0.3, -0.25) is 10.2 Å². The van der Waals surface area contributed by atoms with Gasteiger partial charge in [-0.15, -0.1) is 0 Å². The molecule has 1 N–H and O–H groups in total. The van der Waals surface area contributed by atoms with Gasteiger partial charge in [-0.2, -0.15) is 0 Å². The molecule has 1 aliphatic heterocycles. The van der Waals surface area contributed by atoms with E-state index in [1.54, 1.807) is 0 Å². The molecule has 0 bridgehead atoms. The maximum absolute atomic E-state index is 13.0. The minimum Gasteiger partial charge on any atom is -0.298 e. The first kappa shape index (κ1) is 14.2. The van der Waals surface area contributed by atoms with E-state index in [0.29, 0.717) is 5.92 Å². The molecule has 110 valence electrons. The van der Waals surface area contributed by atoms with Crippen LogP contribution in [0.25, 0.3) is 11.1 Å². The van der Waals surface area contributed by atoms with Gasteiger partial charge in [0, 0.05) is 13.1 Å². The van der Waals surface area contributed by atoms with Crippen LogP contribution in [0.1, 0.15) is 18.7 Å². The molecule has 2 unspecified atom stereocenters. The Labute approximate surface area is 125 Å². The molecule has 2 atom stereocenters. The lowest BCUT2D eigenvalue weighted by molar-refractivity contribution is 0.131. The molecule has 21 heavy (non-hydrogen) atoms. The first-order valence-electron chi connectivity index (χ1n) is 7.43. The summed E-state index contributed by atoms with van der Waals surface area (Å²) in [6.45, 7) is 4.42. The van der Waals surface area contributed by atoms with E-state index in [1.165, 1.54) is 17.7 Å². The molecule has 0 aliphatic carbocycles. The maximum Gasteiger partial charge on any atom is 0.123 e. The van der Waals surface area contributed by atoms with Crippen molar-refractivity contribution < 1.29 is 4.39 Å². The highest BCUT2D eigenvalue weighted by Crippen LogP contribution is 2.25. The molecule has 2 aromatic carbocycles. The van der Waals surface area contributed by atoms with E-state index in [0.717, 1.165) is 24.2 Å². The van der Waals surface area contributed by atoms with Crippen molar-refractivity contribution >= 4 is 0 Å². The molecule has 0 spiro atoms. The van der Waals surface area contributed by atoms with E-state index in [2.05, 4.69) is 48.5 Å². The molecule has 1 fully saturated rings. The van der Waals surface area contributed by atoms with Crippen LogP contribution in [0.4, 0.5) is 4.39 Å². The van der Waals surface area contributed by atoms with Gasteiger partial charge in [0.25, 0.3) is 0 Å². The van der Waals surface area contributed by atoms with Crippen LogP contribution >= 0.6 is 0 Å². The predicted molar refractivity (Wildman–Crippen MR) is 84.4 cm³/mol. The molecule has 2 nitrogen and oxygen atoms in total. The van der Waals surface area contributed by atoms with Crippen molar-refractivity contribution in [2.75, 3.05) is 20.1 Å². The molecular weight excluding hydrogens is 263 g/mol. The van der Waals surface area contributed by atoms with Gasteiger partial charge >= 0.3 is 0 Å². The summed E-state index contributed by atoms with van der Waals surface area (Å²) in [5, 5.41) is 3.58. The fraction of sp³-hybridized carbons (Fsp3) is 0.333. The molecule has 0 aromatic heterocycles. The molecule has 0 radical (unpaired) electrons. The zero-order valence-electron chi connectivity index (χ0n) is 12.5. The minimum absolute atomic E-state index is 0.197. The Morgan fingerprint density at radius 2 is 1.57 bits per heavy atom. The fourth-order valence-corrected chi connectivity index (χ4v) is 3.00. The third kappa shape index (κ3) is 3.14. The van der Waals surface area contributed by atoms with Gasteiger partial charge in [-0.05, 0) is 41.8 Å². The molecule has 2 aromatic rings. The Morgan fingerprint density at radius 3 is 2.14 bits per heavy atom. The van der Waals surface area contributed by atoms with E-state index >= 15 is 0 Å². The molecule has 3 heteroatoms. The van der Waals surface area contributed by atoms with E-state index in [9.17, 15) is 4.39 Å². The summed E-state index contributed by atoms with van der Waals surface area (Å²) in [4.78, 5) is 2.35. The van der Waals surface area contributed by atoms with Crippen molar-refractivity contribution in [3.05, 3.63) is 59.9 Å². The zero-order chi connectivity index (χ0) is 14.8. The Morgan fingerprint density at radius 1 is 1.00 bits per heavy atom. The van der Waals surface area contributed by atoms with Crippen molar-refractivity contribution in [3.63, 3.8) is 0 Å². The largest absolute Gasteiger partial charge is 0.298 e. The zero-order valence-corrected chi connectivity index (χ0v) is 12.5. The van der Waals surface area contributed by atoms with Crippen LogP contribution in [0, 0.1) is 11.7 Å². The number of halogens is 1. The van der Waals surface area contributed by atoms with Crippen molar-refractivity contribution in [1.82, 2.24) is 10.2 Å². The minimum atomic E-state index is -0.197. The second-order valence-electron chi connectivity index (χ2n) is 5.98. The summed E-state index contributed by atoms with van der Waals surface area (Å²) in [5.41, 5.74) is 3.43. The number of nitrogens with zero attached hydrogens (tertiary/aromatic N) is 1. The monoisotopic (exact) mass is 284 g/mol. The SMILES string of the molecule is CC1CNC(c2ccc(-c3ccc(F)cc3)cc2)N(C)C1. The molecule has 1 saturated heterocycles. The number of hydrogen-bond acceptors (Lipinski definition) is 2. The fourth-order valence-electron chi connectivity index (χ4n) is 3.00. The van der Waals surface area contributed by atoms with Crippen LogP contribution in [0.15, 0.2) is 48.5 Å². The Kier molecular flexibility index (Phi) is 4.04. The number of benzene rings is 2. The van der Waals surface area contributed by atoms with Crippen molar-refractivity contribution in [2.45, 2.75) is 13.1 Å². The van der Waals surface area contributed by atoms with E-state index in [4.69, 9.17) is 0 Å². The van der Waals surface area contributed by atoms with Gasteiger partial charge in [0.15, 0.2) is 0 Å². The average molecular weight is 284 g/mol. The summed E-state index contributed by atoms with van der Waals surface area (Å²) in [6.07, 6.45) is 0.281. The third-order valence-electron chi connectivity index (χ3n) is 4.10. The lowest BCUT2D eigenvalue weighted by atomic mass is 10.0. The lowest BCUT2D eigenvalue weighted by Crippen LogP contribution is -2.46. The Balaban J connectivity index is 1.79. The van der Waals surface area contributed by atoms with Crippen LogP contribution in [0.2, 0.25) is 0 Å². The van der Waals surface area contributed by atoms with Crippen molar-refractivity contribution in [2.24, 2.45) is 5.92 Å². The predicted octanol–water partition coefficient (Wildman–Crippen LogP) is 3.66. The Hall–Kier alpha value is -1.71. The van der Waals surface area contributed by atoms with Crippen molar-refractivity contribution in [1.29, 1.82) is 0 Å². The summed E-state index contributed by atoms with van der Waals surface area (Å²) >= 11 is 0.